The second-order valence-electron chi connectivity index (χ2n) is 7.65. The van der Waals surface area contributed by atoms with Gasteiger partial charge in [0.2, 0.25) is 0 Å². The van der Waals surface area contributed by atoms with E-state index in [9.17, 15) is 18.4 Å². The SMILES string of the molecule is CCOC(=O)c1[nH]c(C2CC2F)nc1-c1ccc(CNC(=O)c2cc(F)ccc2OC)cc1. The Hall–Kier alpha value is -3.75. The lowest BCUT2D eigenvalue weighted by Crippen LogP contribution is -2.23. The number of nitrogens with one attached hydrogen (secondary N) is 2. The molecule has 1 saturated carbocycles. The molecule has 0 bridgehead atoms. The molecular weight excluding hydrogens is 432 g/mol. The van der Waals surface area contributed by atoms with Crippen LogP contribution in [0.3, 0.4) is 0 Å². The summed E-state index contributed by atoms with van der Waals surface area (Å²) in [6.07, 6.45) is -0.578. The minimum Gasteiger partial charge on any atom is -0.496 e. The Kier molecular flexibility index (Phi) is 6.39. The molecule has 1 aliphatic carbocycles. The number of halogens is 2. The number of methoxy groups -OCH3 is 1. The summed E-state index contributed by atoms with van der Waals surface area (Å²) in [7, 11) is 1.41. The number of carbonyl (C=O) groups excluding carboxylic acids is 2. The maximum absolute atomic E-state index is 13.5. The van der Waals surface area contributed by atoms with Crippen molar-refractivity contribution in [3.63, 3.8) is 0 Å². The van der Waals surface area contributed by atoms with Crippen LogP contribution in [0.25, 0.3) is 11.3 Å². The van der Waals surface area contributed by atoms with Crippen molar-refractivity contribution in [1.82, 2.24) is 15.3 Å². The van der Waals surface area contributed by atoms with Crippen molar-refractivity contribution in [3.05, 3.63) is 70.9 Å². The van der Waals surface area contributed by atoms with Crippen LogP contribution in [0.1, 0.15) is 51.5 Å². The number of aromatic nitrogens is 2. The molecule has 2 atom stereocenters. The lowest BCUT2D eigenvalue weighted by molar-refractivity contribution is 0.0520. The number of H-pyrrole nitrogens is 1. The average Bonchev–Trinajstić information content (AvgIpc) is 3.38. The number of hydrogen-bond donors (Lipinski definition) is 2. The zero-order valence-electron chi connectivity index (χ0n) is 18.2. The molecular formula is C24H23F2N3O4. The third-order valence-corrected chi connectivity index (χ3v) is 5.35. The summed E-state index contributed by atoms with van der Waals surface area (Å²) in [6, 6.07) is 10.8. The van der Waals surface area contributed by atoms with E-state index in [0.29, 0.717) is 23.5 Å². The van der Waals surface area contributed by atoms with Gasteiger partial charge in [-0.2, -0.15) is 0 Å². The summed E-state index contributed by atoms with van der Waals surface area (Å²) in [5.41, 5.74) is 2.11. The molecule has 0 spiro atoms. The quantitative estimate of drug-likeness (QED) is 0.498. The topological polar surface area (TPSA) is 93.3 Å². The molecule has 2 N–H and O–H groups in total. The van der Waals surface area contributed by atoms with Crippen molar-refractivity contribution < 1.29 is 27.8 Å². The zero-order chi connectivity index (χ0) is 23.5. The van der Waals surface area contributed by atoms with Crippen molar-refractivity contribution >= 4 is 11.9 Å². The minimum absolute atomic E-state index is 0.100. The van der Waals surface area contributed by atoms with Crippen LogP contribution in [0.15, 0.2) is 42.5 Å². The van der Waals surface area contributed by atoms with Crippen molar-refractivity contribution in [1.29, 1.82) is 0 Å². The van der Waals surface area contributed by atoms with Crippen LogP contribution in [-0.4, -0.2) is 41.7 Å². The number of nitrogens with zero attached hydrogens (tertiary/aromatic N) is 1. The maximum atomic E-state index is 13.5. The van der Waals surface area contributed by atoms with Crippen LogP contribution in [0.2, 0.25) is 0 Å². The summed E-state index contributed by atoms with van der Waals surface area (Å²) >= 11 is 0. The molecule has 7 nitrogen and oxygen atoms in total. The number of carbonyl (C=O) groups is 2. The second kappa shape index (κ2) is 9.40. The van der Waals surface area contributed by atoms with Crippen LogP contribution in [0, 0.1) is 5.82 Å². The van der Waals surface area contributed by atoms with Gasteiger partial charge >= 0.3 is 5.97 Å². The first-order valence-corrected chi connectivity index (χ1v) is 10.5. The Morgan fingerprint density at radius 2 is 1.94 bits per heavy atom. The molecule has 0 aliphatic heterocycles. The molecule has 9 heteroatoms. The van der Waals surface area contributed by atoms with Gasteiger partial charge in [-0.1, -0.05) is 24.3 Å². The lowest BCUT2D eigenvalue weighted by Gasteiger charge is -2.10. The number of aromatic amines is 1. The Bertz CT molecular complexity index is 1180. The summed E-state index contributed by atoms with van der Waals surface area (Å²) in [5, 5.41) is 2.73. The van der Waals surface area contributed by atoms with Gasteiger partial charge in [0.25, 0.3) is 5.91 Å². The van der Waals surface area contributed by atoms with Gasteiger partial charge in [0.1, 0.15) is 29.3 Å². The Labute approximate surface area is 189 Å². The first-order valence-electron chi connectivity index (χ1n) is 10.5. The van der Waals surface area contributed by atoms with Crippen LogP contribution >= 0.6 is 0 Å². The molecule has 3 aromatic rings. The number of benzene rings is 2. The summed E-state index contributed by atoms with van der Waals surface area (Å²) in [4.78, 5) is 32.2. The van der Waals surface area contributed by atoms with Crippen molar-refractivity contribution in [2.24, 2.45) is 0 Å². The molecule has 33 heavy (non-hydrogen) atoms. The van der Waals surface area contributed by atoms with Crippen molar-refractivity contribution in [3.8, 4) is 17.0 Å². The van der Waals surface area contributed by atoms with E-state index in [-0.39, 0.29) is 36.1 Å². The molecule has 4 rings (SSSR count). The standard InChI is InChI=1S/C24H23F2N3O4/c1-3-33-24(31)21-20(28-22(29-21)16-11-18(16)26)14-6-4-13(5-7-14)12-27-23(30)17-10-15(25)8-9-19(17)32-2/h4-10,16,18H,3,11-12H2,1-2H3,(H,27,30)(H,28,29). The molecule has 172 valence electrons. The van der Waals surface area contributed by atoms with Gasteiger partial charge in [0.05, 0.1) is 25.2 Å². The summed E-state index contributed by atoms with van der Waals surface area (Å²) < 4.78 is 37.3. The fraction of sp³-hybridized carbons (Fsp3) is 0.292. The highest BCUT2D eigenvalue weighted by molar-refractivity contribution is 5.97. The average molecular weight is 455 g/mol. The monoisotopic (exact) mass is 455 g/mol. The maximum Gasteiger partial charge on any atom is 0.357 e. The van der Waals surface area contributed by atoms with Crippen LogP contribution in [0.5, 0.6) is 5.75 Å². The van der Waals surface area contributed by atoms with Crippen molar-refractivity contribution in [2.45, 2.75) is 32.0 Å². The second-order valence-corrected chi connectivity index (χ2v) is 7.65. The number of ether oxygens (including phenoxy) is 2. The van der Waals surface area contributed by atoms with Crippen LogP contribution in [-0.2, 0) is 11.3 Å². The number of amides is 1. The highest BCUT2D eigenvalue weighted by atomic mass is 19.1. The van der Waals surface area contributed by atoms with Gasteiger partial charge in [0.15, 0.2) is 5.69 Å². The number of rotatable bonds is 8. The normalized spacial score (nSPS) is 16.8. The fourth-order valence-electron chi connectivity index (χ4n) is 3.49. The van der Waals surface area contributed by atoms with Gasteiger partial charge in [0, 0.05) is 12.1 Å². The molecule has 2 unspecified atom stereocenters. The van der Waals surface area contributed by atoms with E-state index in [1.807, 2.05) is 0 Å². The van der Waals surface area contributed by atoms with E-state index in [1.165, 1.54) is 19.2 Å². The van der Waals surface area contributed by atoms with E-state index in [0.717, 1.165) is 11.6 Å². The molecule has 2 aromatic carbocycles. The van der Waals surface area contributed by atoms with E-state index in [4.69, 9.17) is 9.47 Å². The Balaban J connectivity index is 1.50. The molecule has 1 aliphatic rings. The smallest absolute Gasteiger partial charge is 0.357 e. The van der Waals surface area contributed by atoms with E-state index >= 15 is 0 Å². The summed E-state index contributed by atoms with van der Waals surface area (Å²) in [6.45, 7) is 2.10. The third kappa shape index (κ3) is 4.87. The molecule has 0 radical (unpaired) electrons. The highest BCUT2D eigenvalue weighted by Crippen LogP contribution is 2.43. The minimum atomic E-state index is -0.957. The number of alkyl halides is 1. The number of hydrogen-bond acceptors (Lipinski definition) is 5. The zero-order valence-corrected chi connectivity index (χ0v) is 18.2. The van der Waals surface area contributed by atoms with Gasteiger partial charge in [-0.3, -0.25) is 4.79 Å². The lowest BCUT2D eigenvalue weighted by atomic mass is 10.1. The molecule has 1 aromatic heterocycles. The molecule has 1 heterocycles. The molecule has 1 fully saturated rings. The number of esters is 1. The van der Waals surface area contributed by atoms with E-state index in [1.54, 1.807) is 31.2 Å². The Morgan fingerprint density at radius 1 is 1.21 bits per heavy atom. The van der Waals surface area contributed by atoms with Crippen molar-refractivity contribution in [2.75, 3.05) is 13.7 Å². The molecule has 0 saturated heterocycles. The third-order valence-electron chi connectivity index (χ3n) is 5.35. The Morgan fingerprint density at radius 3 is 2.58 bits per heavy atom. The first-order chi connectivity index (χ1) is 15.9. The van der Waals surface area contributed by atoms with Gasteiger partial charge in [-0.05, 0) is 37.1 Å². The predicted octanol–water partition coefficient (Wildman–Crippen LogP) is 4.16. The van der Waals surface area contributed by atoms with E-state index in [2.05, 4.69) is 15.3 Å². The van der Waals surface area contributed by atoms with Crippen LogP contribution in [0.4, 0.5) is 8.78 Å². The largest absolute Gasteiger partial charge is 0.496 e. The summed E-state index contributed by atoms with van der Waals surface area (Å²) in [5.74, 6) is -1.19. The predicted molar refractivity (Wildman–Crippen MR) is 116 cm³/mol. The fourth-order valence-corrected chi connectivity index (χ4v) is 3.49. The van der Waals surface area contributed by atoms with Gasteiger partial charge in [-0.15, -0.1) is 0 Å². The number of imidazole rings is 1. The van der Waals surface area contributed by atoms with Gasteiger partial charge in [-0.25, -0.2) is 18.6 Å². The van der Waals surface area contributed by atoms with Crippen LogP contribution < -0.4 is 10.1 Å². The van der Waals surface area contributed by atoms with Gasteiger partial charge < -0.3 is 19.8 Å². The van der Waals surface area contributed by atoms with E-state index < -0.39 is 23.9 Å². The molecule has 1 amide bonds. The first kappa shape index (κ1) is 22.4. The highest BCUT2D eigenvalue weighted by Gasteiger charge is 2.42.